The van der Waals surface area contributed by atoms with E-state index in [2.05, 4.69) is 0 Å². The first-order chi connectivity index (χ1) is 18.0. The van der Waals surface area contributed by atoms with Gasteiger partial charge in [0.05, 0.1) is 0 Å². The van der Waals surface area contributed by atoms with Gasteiger partial charge in [-0.05, 0) is 36.2 Å². The summed E-state index contributed by atoms with van der Waals surface area (Å²) in [6.07, 6.45) is -27.3. The van der Waals surface area contributed by atoms with Crippen LogP contribution in [0.3, 0.4) is 0 Å². The first-order valence-electron chi connectivity index (χ1n) is 10.5. The van der Waals surface area contributed by atoms with Gasteiger partial charge in [-0.3, -0.25) is 4.79 Å². The molecule has 1 N–H and O–H groups in total. The fourth-order valence-electron chi connectivity index (χ4n) is 2.80. The minimum atomic E-state index is -7.53. The van der Waals surface area contributed by atoms with Crippen LogP contribution in [0.25, 0.3) is 0 Å². The monoisotopic (exact) mass is 605 g/mol. The smallest absolute Gasteiger partial charge is 0.484 e. The van der Waals surface area contributed by atoms with Gasteiger partial charge in [0.1, 0.15) is 5.75 Å². The fraction of sp³-hybridized carbons (Fsp3) is 0.409. The SMILES string of the molecule is CCc1ccc(OCC(=O)Nc2cccc(C(F)(F)C(F)(F)OC(F)(F)C(F)(F)C(F)(F)OC(F)(F)F)c2)cc1. The molecule has 0 spiro atoms. The van der Waals surface area contributed by atoms with Gasteiger partial charge in [-0.1, -0.05) is 31.2 Å². The van der Waals surface area contributed by atoms with Crippen molar-refractivity contribution in [2.24, 2.45) is 0 Å². The Morgan fingerprint density at radius 3 is 1.82 bits per heavy atom. The Morgan fingerprint density at radius 2 is 1.30 bits per heavy atom. The predicted molar refractivity (Wildman–Crippen MR) is 108 cm³/mol. The van der Waals surface area contributed by atoms with Crippen LogP contribution in [-0.2, 0) is 26.6 Å². The Balaban J connectivity index is 2.19. The molecular formula is C22H16F13NO4. The molecule has 0 fully saturated rings. The van der Waals surface area contributed by atoms with E-state index in [1.165, 1.54) is 12.1 Å². The molecule has 0 saturated carbocycles. The number of hydrogen-bond donors (Lipinski definition) is 1. The maximum atomic E-state index is 14.4. The molecule has 0 aromatic heterocycles. The highest BCUT2D eigenvalue weighted by Gasteiger charge is 2.80. The zero-order chi connectivity index (χ0) is 30.8. The number of halogens is 13. The number of carbonyl (C=O) groups excluding carboxylic acids is 1. The first kappa shape index (κ1) is 32.9. The molecule has 18 heteroatoms. The molecule has 224 valence electrons. The highest BCUT2D eigenvalue weighted by Crippen LogP contribution is 2.54. The normalized spacial score (nSPS) is 13.8. The van der Waals surface area contributed by atoms with Crippen molar-refractivity contribution in [3.8, 4) is 5.75 Å². The second-order valence-corrected chi connectivity index (χ2v) is 7.76. The Bertz CT molecular complexity index is 1170. The quantitative estimate of drug-likeness (QED) is 0.258. The van der Waals surface area contributed by atoms with Crippen molar-refractivity contribution < 1.29 is 76.1 Å². The summed E-state index contributed by atoms with van der Waals surface area (Å²) in [5, 5.41) is 1.94. The maximum absolute atomic E-state index is 14.4. The van der Waals surface area contributed by atoms with Crippen LogP contribution in [0.5, 0.6) is 5.75 Å². The van der Waals surface area contributed by atoms with Gasteiger partial charge >= 0.3 is 36.5 Å². The van der Waals surface area contributed by atoms with E-state index in [0.717, 1.165) is 11.6 Å². The average molecular weight is 605 g/mol. The van der Waals surface area contributed by atoms with Crippen LogP contribution in [-0.4, -0.2) is 43.1 Å². The summed E-state index contributed by atoms with van der Waals surface area (Å²) < 4.78 is 181. The van der Waals surface area contributed by atoms with Crippen molar-refractivity contribution >= 4 is 11.6 Å². The van der Waals surface area contributed by atoms with Crippen LogP contribution in [0.15, 0.2) is 48.5 Å². The molecule has 2 aromatic carbocycles. The Hall–Kier alpha value is -3.28. The number of aryl methyl sites for hydroxylation is 1. The van der Waals surface area contributed by atoms with Gasteiger partial charge in [-0.15, -0.1) is 13.2 Å². The molecular weight excluding hydrogens is 589 g/mol. The van der Waals surface area contributed by atoms with E-state index in [1.54, 1.807) is 16.9 Å². The van der Waals surface area contributed by atoms with Gasteiger partial charge in [0.25, 0.3) is 5.91 Å². The number of alkyl halides is 13. The summed E-state index contributed by atoms with van der Waals surface area (Å²) in [7, 11) is 0. The third kappa shape index (κ3) is 7.47. The molecule has 0 unspecified atom stereocenters. The number of benzene rings is 2. The second-order valence-electron chi connectivity index (χ2n) is 7.76. The Kier molecular flexibility index (Phi) is 9.31. The zero-order valence-electron chi connectivity index (χ0n) is 19.6. The van der Waals surface area contributed by atoms with E-state index in [0.29, 0.717) is 12.5 Å². The number of anilines is 1. The number of ether oxygens (including phenoxy) is 3. The molecule has 5 nitrogen and oxygen atoms in total. The van der Waals surface area contributed by atoms with Crippen LogP contribution < -0.4 is 10.1 Å². The molecule has 40 heavy (non-hydrogen) atoms. The summed E-state index contributed by atoms with van der Waals surface area (Å²) in [5.41, 5.74) is -1.69. The molecule has 0 aliphatic heterocycles. The molecule has 0 saturated heterocycles. The summed E-state index contributed by atoms with van der Waals surface area (Å²) in [4.78, 5) is 12.0. The largest absolute Gasteiger partial charge is 0.527 e. The maximum Gasteiger partial charge on any atom is 0.527 e. The van der Waals surface area contributed by atoms with Crippen LogP contribution in [0.2, 0.25) is 0 Å². The van der Waals surface area contributed by atoms with E-state index >= 15 is 0 Å². The summed E-state index contributed by atoms with van der Waals surface area (Å²) in [6, 6.07) is 7.98. The average Bonchev–Trinajstić information content (AvgIpc) is 2.80. The molecule has 0 atom stereocenters. The van der Waals surface area contributed by atoms with Crippen LogP contribution in [0, 0.1) is 0 Å². The Labute approximate surface area is 215 Å². The molecule has 2 aromatic rings. The van der Waals surface area contributed by atoms with Gasteiger partial charge in [-0.25, -0.2) is 9.47 Å². The number of amides is 1. The van der Waals surface area contributed by atoms with Crippen molar-refractivity contribution in [3.05, 3.63) is 59.7 Å². The van der Waals surface area contributed by atoms with E-state index in [-0.39, 0.29) is 17.9 Å². The van der Waals surface area contributed by atoms with E-state index < -0.39 is 60.3 Å². The lowest BCUT2D eigenvalue weighted by molar-refractivity contribution is -0.535. The molecule has 0 bridgehead atoms. The van der Waals surface area contributed by atoms with Gasteiger partial charge in [-0.2, -0.15) is 43.9 Å². The number of nitrogens with one attached hydrogen (secondary N) is 1. The lowest BCUT2D eigenvalue weighted by Gasteiger charge is -2.35. The molecule has 1 amide bonds. The fourth-order valence-corrected chi connectivity index (χ4v) is 2.80. The van der Waals surface area contributed by atoms with Gasteiger partial charge in [0.15, 0.2) is 6.61 Å². The van der Waals surface area contributed by atoms with E-state index in [9.17, 15) is 61.9 Å². The summed E-state index contributed by atoms with van der Waals surface area (Å²) >= 11 is 0. The highest BCUT2D eigenvalue weighted by atomic mass is 19.4. The van der Waals surface area contributed by atoms with Gasteiger partial charge < -0.3 is 10.1 Å². The van der Waals surface area contributed by atoms with Crippen molar-refractivity contribution in [3.63, 3.8) is 0 Å². The van der Waals surface area contributed by atoms with Gasteiger partial charge in [0.2, 0.25) is 0 Å². The van der Waals surface area contributed by atoms with Crippen molar-refractivity contribution in [1.82, 2.24) is 0 Å². The topological polar surface area (TPSA) is 56.8 Å². The predicted octanol–water partition coefficient (Wildman–Crippen LogP) is 7.33. The number of rotatable bonds is 12. The molecule has 0 radical (unpaired) electrons. The number of hydrogen-bond acceptors (Lipinski definition) is 4. The first-order valence-corrected chi connectivity index (χ1v) is 10.5. The van der Waals surface area contributed by atoms with Crippen LogP contribution in [0.1, 0.15) is 18.1 Å². The minimum absolute atomic E-state index is 0.0723. The molecule has 0 heterocycles. The van der Waals surface area contributed by atoms with Crippen molar-refractivity contribution in [2.45, 2.75) is 49.9 Å². The van der Waals surface area contributed by atoms with Gasteiger partial charge in [0, 0.05) is 11.3 Å². The third-order valence-electron chi connectivity index (χ3n) is 4.81. The highest BCUT2D eigenvalue weighted by molar-refractivity contribution is 5.91. The summed E-state index contributed by atoms with van der Waals surface area (Å²) in [6.45, 7) is 1.15. The van der Waals surface area contributed by atoms with Crippen molar-refractivity contribution in [1.29, 1.82) is 0 Å². The molecule has 0 aliphatic carbocycles. The lowest BCUT2D eigenvalue weighted by atomic mass is 10.1. The minimum Gasteiger partial charge on any atom is -0.484 e. The number of carbonyl (C=O) groups is 1. The third-order valence-corrected chi connectivity index (χ3v) is 4.81. The van der Waals surface area contributed by atoms with Crippen LogP contribution in [0.4, 0.5) is 62.8 Å². The van der Waals surface area contributed by atoms with E-state index in [4.69, 9.17) is 4.74 Å². The summed E-state index contributed by atoms with van der Waals surface area (Å²) in [5.74, 6) is -14.3. The van der Waals surface area contributed by atoms with Crippen LogP contribution >= 0.6 is 0 Å². The zero-order valence-corrected chi connectivity index (χ0v) is 19.6. The lowest BCUT2D eigenvalue weighted by Crippen LogP contribution is -2.61. The molecule has 2 rings (SSSR count). The Morgan fingerprint density at radius 1 is 0.750 bits per heavy atom. The molecule has 0 aliphatic rings. The van der Waals surface area contributed by atoms with Crippen molar-refractivity contribution in [2.75, 3.05) is 11.9 Å². The second kappa shape index (κ2) is 11.3. The van der Waals surface area contributed by atoms with E-state index in [1.807, 2.05) is 17.0 Å². The standard InChI is InChI=1S/C22H16F13NO4/c1-2-12-6-8-15(9-7-12)38-11-16(37)36-14-5-3-4-13(10-14)17(23,24)19(27,28)39-20(29,30)18(25,26)21(31,32)40-22(33,34)35/h3-10H,2,11H2,1H3,(H,36,37).